The number of nitrogens with one attached hydrogen (secondary N) is 1. The largest absolute Gasteiger partial charge is 0.495 e. The minimum absolute atomic E-state index is 0.146. The third-order valence-corrected chi connectivity index (χ3v) is 4.88. The van der Waals surface area contributed by atoms with Gasteiger partial charge in [-0.1, -0.05) is 13.8 Å². The van der Waals surface area contributed by atoms with E-state index in [9.17, 15) is 8.42 Å². The molecule has 0 heterocycles. The maximum absolute atomic E-state index is 12.3. The number of rotatable bonds is 8. The van der Waals surface area contributed by atoms with Crippen LogP contribution in [0.1, 0.15) is 20.8 Å². The second kappa shape index (κ2) is 7.63. The van der Waals surface area contributed by atoms with Gasteiger partial charge in [0.25, 0.3) is 0 Å². The van der Waals surface area contributed by atoms with E-state index < -0.39 is 10.0 Å². The Morgan fingerprint density at radius 2 is 1.95 bits per heavy atom. The van der Waals surface area contributed by atoms with Crippen LogP contribution < -0.4 is 15.2 Å². The Morgan fingerprint density at radius 3 is 2.43 bits per heavy atom. The van der Waals surface area contributed by atoms with Crippen LogP contribution in [0.5, 0.6) is 5.75 Å². The number of anilines is 1. The number of nitrogens with two attached hydrogens (primary N) is 1. The molecular weight excluding hydrogens is 290 g/mol. The van der Waals surface area contributed by atoms with Crippen molar-refractivity contribution >= 4 is 15.7 Å². The molecule has 21 heavy (non-hydrogen) atoms. The highest BCUT2D eigenvalue weighted by Gasteiger charge is 2.19. The highest BCUT2D eigenvalue weighted by molar-refractivity contribution is 7.89. The fourth-order valence-electron chi connectivity index (χ4n) is 2.12. The molecule has 1 aromatic rings. The summed E-state index contributed by atoms with van der Waals surface area (Å²) in [6.07, 6.45) is 0. The fraction of sp³-hybridized carbons (Fsp3) is 0.571. The molecule has 1 aromatic carbocycles. The minimum atomic E-state index is -3.58. The summed E-state index contributed by atoms with van der Waals surface area (Å²) in [6, 6.07) is 4.27. The molecule has 0 aliphatic rings. The predicted molar refractivity (Wildman–Crippen MR) is 85.0 cm³/mol. The van der Waals surface area contributed by atoms with E-state index in [1.54, 1.807) is 6.07 Å². The third kappa shape index (κ3) is 4.87. The quantitative estimate of drug-likeness (QED) is 0.706. The number of methoxy groups -OCH3 is 1. The lowest BCUT2D eigenvalue weighted by Crippen LogP contribution is -2.41. The first kappa shape index (κ1) is 17.7. The Bertz CT molecular complexity index is 557. The van der Waals surface area contributed by atoms with Crippen LogP contribution >= 0.6 is 0 Å². The van der Waals surface area contributed by atoms with Gasteiger partial charge in [0.2, 0.25) is 10.0 Å². The number of likely N-dealkylation sites (N-methyl/N-ethyl adjacent to an activating group) is 1. The van der Waals surface area contributed by atoms with Gasteiger partial charge < -0.3 is 15.4 Å². The van der Waals surface area contributed by atoms with Crippen molar-refractivity contribution in [2.45, 2.75) is 31.7 Å². The molecule has 0 aromatic heterocycles. The van der Waals surface area contributed by atoms with Crippen LogP contribution in [-0.2, 0) is 10.0 Å². The van der Waals surface area contributed by atoms with Crippen LogP contribution in [0.15, 0.2) is 23.1 Å². The molecule has 0 amide bonds. The molecule has 0 aliphatic carbocycles. The molecule has 0 aliphatic heterocycles. The van der Waals surface area contributed by atoms with E-state index in [1.165, 1.54) is 19.2 Å². The van der Waals surface area contributed by atoms with Gasteiger partial charge in [-0.15, -0.1) is 0 Å². The van der Waals surface area contributed by atoms with Crippen LogP contribution in [0.25, 0.3) is 0 Å². The zero-order valence-electron chi connectivity index (χ0n) is 13.1. The molecule has 0 bridgehead atoms. The highest BCUT2D eigenvalue weighted by Crippen LogP contribution is 2.24. The van der Waals surface area contributed by atoms with Crippen LogP contribution in [0.4, 0.5) is 5.69 Å². The van der Waals surface area contributed by atoms with Gasteiger partial charge in [0.15, 0.2) is 0 Å². The molecule has 0 saturated carbocycles. The summed E-state index contributed by atoms with van der Waals surface area (Å²) in [7, 11) is -2.09. The number of hydrogen-bond acceptors (Lipinski definition) is 5. The van der Waals surface area contributed by atoms with E-state index in [0.29, 0.717) is 18.0 Å². The van der Waals surface area contributed by atoms with Crippen LogP contribution in [0.2, 0.25) is 0 Å². The van der Waals surface area contributed by atoms with E-state index in [0.717, 1.165) is 13.1 Å². The molecule has 0 spiro atoms. The molecule has 1 unspecified atom stereocenters. The lowest BCUT2D eigenvalue weighted by Gasteiger charge is -2.23. The minimum Gasteiger partial charge on any atom is -0.495 e. The molecule has 0 radical (unpaired) electrons. The van der Waals surface area contributed by atoms with Gasteiger partial charge in [-0.2, -0.15) is 0 Å². The fourth-order valence-corrected chi connectivity index (χ4v) is 3.39. The monoisotopic (exact) mass is 315 g/mol. The van der Waals surface area contributed by atoms with Gasteiger partial charge in [-0.3, -0.25) is 0 Å². The molecule has 3 N–H and O–H groups in total. The maximum atomic E-state index is 12.3. The number of ether oxygens (including phenoxy) is 1. The zero-order chi connectivity index (χ0) is 16.0. The van der Waals surface area contributed by atoms with Crippen LogP contribution in [0, 0.1) is 0 Å². The first-order valence-corrected chi connectivity index (χ1v) is 8.50. The summed E-state index contributed by atoms with van der Waals surface area (Å²) in [6.45, 7) is 8.39. The van der Waals surface area contributed by atoms with Crippen molar-refractivity contribution < 1.29 is 13.2 Å². The zero-order valence-corrected chi connectivity index (χ0v) is 13.9. The van der Waals surface area contributed by atoms with Crippen molar-refractivity contribution in [3.63, 3.8) is 0 Å². The molecular formula is C14H25N3O3S. The van der Waals surface area contributed by atoms with Crippen LogP contribution in [-0.4, -0.2) is 46.1 Å². The SMILES string of the molecule is CCN(CC)CC(C)NS(=O)(=O)c1ccc(OC)c(N)c1. The summed E-state index contributed by atoms with van der Waals surface area (Å²) in [5.41, 5.74) is 6.06. The third-order valence-electron chi connectivity index (χ3n) is 3.29. The van der Waals surface area contributed by atoms with Gasteiger partial charge in [0, 0.05) is 12.6 Å². The Kier molecular flexibility index (Phi) is 6.44. The second-order valence-electron chi connectivity index (χ2n) is 4.91. The maximum Gasteiger partial charge on any atom is 0.240 e. The summed E-state index contributed by atoms with van der Waals surface area (Å²) in [5.74, 6) is 0.463. The van der Waals surface area contributed by atoms with E-state index in [2.05, 4.69) is 23.5 Å². The van der Waals surface area contributed by atoms with Crippen molar-refractivity contribution in [2.24, 2.45) is 0 Å². The predicted octanol–water partition coefficient (Wildman–Crippen LogP) is 1.29. The Balaban J connectivity index is 2.84. The lowest BCUT2D eigenvalue weighted by molar-refractivity contribution is 0.282. The standard InChI is InChI=1S/C14H25N3O3S/c1-5-17(6-2)10-11(3)16-21(18,19)12-7-8-14(20-4)13(15)9-12/h7-9,11,16H,5-6,10,15H2,1-4H3. The average Bonchev–Trinajstić information content (AvgIpc) is 2.44. The molecule has 0 saturated heterocycles. The van der Waals surface area contributed by atoms with Crippen LogP contribution in [0.3, 0.4) is 0 Å². The normalized spacial score (nSPS) is 13.4. The van der Waals surface area contributed by atoms with Crippen molar-refractivity contribution in [2.75, 3.05) is 32.5 Å². The van der Waals surface area contributed by atoms with Gasteiger partial charge in [0.05, 0.1) is 17.7 Å². The molecule has 1 rings (SSSR count). The first-order chi connectivity index (χ1) is 9.83. The molecule has 6 nitrogen and oxygen atoms in total. The summed E-state index contributed by atoms with van der Waals surface area (Å²) in [4.78, 5) is 2.31. The number of benzene rings is 1. The van der Waals surface area contributed by atoms with Gasteiger partial charge in [-0.25, -0.2) is 13.1 Å². The van der Waals surface area contributed by atoms with Crippen molar-refractivity contribution in [1.29, 1.82) is 0 Å². The molecule has 1 atom stereocenters. The van der Waals surface area contributed by atoms with Gasteiger partial charge in [0.1, 0.15) is 5.75 Å². The van der Waals surface area contributed by atoms with Gasteiger partial charge in [-0.05, 0) is 38.2 Å². The van der Waals surface area contributed by atoms with E-state index >= 15 is 0 Å². The van der Waals surface area contributed by atoms with Crippen molar-refractivity contribution in [1.82, 2.24) is 9.62 Å². The Hall–Kier alpha value is -1.31. The first-order valence-electron chi connectivity index (χ1n) is 7.02. The highest BCUT2D eigenvalue weighted by atomic mass is 32.2. The summed E-state index contributed by atoms with van der Waals surface area (Å²) in [5, 5.41) is 0. The lowest BCUT2D eigenvalue weighted by atomic mass is 10.3. The van der Waals surface area contributed by atoms with E-state index in [-0.39, 0.29) is 10.9 Å². The van der Waals surface area contributed by atoms with E-state index in [4.69, 9.17) is 10.5 Å². The number of sulfonamides is 1. The molecule has 7 heteroatoms. The number of hydrogen-bond donors (Lipinski definition) is 2. The second-order valence-corrected chi connectivity index (χ2v) is 6.63. The Morgan fingerprint density at radius 1 is 1.33 bits per heavy atom. The average molecular weight is 315 g/mol. The molecule has 0 fully saturated rings. The smallest absolute Gasteiger partial charge is 0.240 e. The van der Waals surface area contributed by atoms with Crippen molar-refractivity contribution in [3.8, 4) is 5.75 Å². The van der Waals surface area contributed by atoms with E-state index in [1.807, 2.05) is 6.92 Å². The molecule has 120 valence electrons. The summed E-state index contributed by atoms with van der Waals surface area (Å²) >= 11 is 0. The van der Waals surface area contributed by atoms with Crippen molar-refractivity contribution in [3.05, 3.63) is 18.2 Å². The number of nitrogens with zero attached hydrogens (tertiary/aromatic N) is 1. The van der Waals surface area contributed by atoms with Gasteiger partial charge >= 0.3 is 0 Å². The summed E-state index contributed by atoms with van der Waals surface area (Å²) < 4.78 is 32.4. The number of nitrogen functional groups attached to an aromatic ring is 1. The Labute approximate surface area is 127 Å². The topological polar surface area (TPSA) is 84.7 Å².